The van der Waals surface area contributed by atoms with Gasteiger partial charge in [-0.3, -0.25) is 14.5 Å². The van der Waals surface area contributed by atoms with Gasteiger partial charge in [0.25, 0.3) is 0 Å². The quantitative estimate of drug-likeness (QED) is 0.761. The molecule has 0 saturated carbocycles. The van der Waals surface area contributed by atoms with Gasteiger partial charge in [0.2, 0.25) is 18.6 Å². The van der Waals surface area contributed by atoms with E-state index >= 15 is 0 Å². The number of nitrogens with zero attached hydrogens (tertiary/aromatic N) is 1. The number of ether oxygens (including phenoxy) is 2. The maximum Gasteiger partial charge on any atom is 0.234 e. The van der Waals surface area contributed by atoms with Gasteiger partial charge in [-0.15, -0.1) is 0 Å². The number of amides is 2. The summed E-state index contributed by atoms with van der Waals surface area (Å²) < 4.78 is 24.2. The van der Waals surface area contributed by atoms with Crippen molar-refractivity contribution in [1.29, 1.82) is 0 Å². The van der Waals surface area contributed by atoms with E-state index in [4.69, 9.17) is 9.47 Å². The summed E-state index contributed by atoms with van der Waals surface area (Å²) in [7, 11) is 0. The molecule has 7 nitrogen and oxygen atoms in total. The number of hydrogen-bond acceptors (Lipinski definition) is 5. The van der Waals surface area contributed by atoms with Crippen molar-refractivity contribution in [1.82, 2.24) is 10.2 Å². The molecule has 2 heterocycles. The maximum atomic E-state index is 13.6. The molecule has 158 valence electrons. The van der Waals surface area contributed by atoms with Gasteiger partial charge in [-0.1, -0.05) is 18.2 Å². The fraction of sp³-hybridized carbons (Fsp3) is 0.364. The highest BCUT2D eigenvalue weighted by molar-refractivity contribution is 5.93. The zero-order valence-electron chi connectivity index (χ0n) is 16.5. The zero-order valence-corrected chi connectivity index (χ0v) is 16.5. The van der Waals surface area contributed by atoms with Crippen LogP contribution in [0.25, 0.3) is 0 Å². The first-order valence-electron chi connectivity index (χ1n) is 10.0. The number of hydrogen-bond donors (Lipinski definition) is 2. The summed E-state index contributed by atoms with van der Waals surface area (Å²) in [5.41, 5.74) is 1.14. The van der Waals surface area contributed by atoms with Gasteiger partial charge < -0.3 is 20.1 Å². The van der Waals surface area contributed by atoms with Crippen molar-refractivity contribution in [3.05, 3.63) is 53.8 Å². The predicted octanol–water partition coefficient (Wildman–Crippen LogP) is 2.52. The van der Waals surface area contributed by atoms with E-state index in [9.17, 15) is 14.0 Å². The van der Waals surface area contributed by atoms with E-state index in [1.54, 1.807) is 36.4 Å². The molecule has 0 aliphatic carbocycles. The molecule has 0 atom stereocenters. The van der Waals surface area contributed by atoms with Crippen molar-refractivity contribution in [2.45, 2.75) is 19.4 Å². The Morgan fingerprint density at radius 3 is 2.63 bits per heavy atom. The molecule has 1 saturated heterocycles. The van der Waals surface area contributed by atoms with Crippen molar-refractivity contribution in [3.63, 3.8) is 0 Å². The Morgan fingerprint density at radius 2 is 1.83 bits per heavy atom. The molecule has 0 radical (unpaired) electrons. The van der Waals surface area contributed by atoms with Crippen LogP contribution in [0.15, 0.2) is 42.5 Å². The summed E-state index contributed by atoms with van der Waals surface area (Å²) in [6.45, 7) is 1.92. The smallest absolute Gasteiger partial charge is 0.234 e. The topological polar surface area (TPSA) is 79.9 Å². The largest absolute Gasteiger partial charge is 0.454 e. The Balaban J connectivity index is 1.20. The normalized spacial score (nSPS) is 16.3. The number of piperidine rings is 1. The molecule has 2 N–H and O–H groups in total. The van der Waals surface area contributed by atoms with E-state index < -0.39 is 0 Å². The van der Waals surface area contributed by atoms with Crippen LogP contribution in [0, 0.1) is 11.7 Å². The summed E-state index contributed by atoms with van der Waals surface area (Å²) >= 11 is 0. The van der Waals surface area contributed by atoms with Gasteiger partial charge in [-0.05, 0) is 44.1 Å². The summed E-state index contributed by atoms with van der Waals surface area (Å²) in [5, 5.41) is 5.69. The second kappa shape index (κ2) is 9.13. The molecule has 30 heavy (non-hydrogen) atoms. The first kappa shape index (κ1) is 20.2. The monoisotopic (exact) mass is 413 g/mol. The fourth-order valence-electron chi connectivity index (χ4n) is 3.67. The first-order valence-corrected chi connectivity index (χ1v) is 10.0. The first-order chi connectivity index (χ1) is 14.6. The van der Waals surface area contributed by atoms with Crippen LogP contribution in [0.3, 0.4) is 0 Å². The fourth-order valence-corrected chi connectivity index (χ4v) is 3.67. The van der Waals surface area contributed by atoms with Crippen molar-refractivity contribution in [2.75, 3.05) is 31.7 Å². The number of halogens is 1. The van der Waals surface area contributed by atoms with Crippen LogP contribution >= 0.6 is 0 Å². The van der Waals surface area contributed by atoms with Gasteiger partial charge >= 0.3 is 0 Å². The van der Waals surface area contributed by atoms with Crippen LogP contribution in [-0.2, 0) is 16.1 Å². The number of benzene rings is 2. The Morgan fingerprint density at radius 1 is 1.07 bits per heavy atom. The molecule has 4 rings (SSSR count). The van der Waals surface area contributed by atoms with E-state index in [0.29, 0.717) is 48.7 Å². The number of rotatable bonds is 6. The lowest BCUT2D eigenvalue weighted by Crippen LogP contribution is -2.43. The highest BCUT2D eigenvalue weighted by Gasteiger charge is 2.26. The van der Waals surface area contributed by atoms with Crippen LogP contribution in [0.2, 0.25) is 0 Å². The van der Waals surface area contributed by atoms with Crippen LogP contribution in [0.4, 0.5) is 10.1 Å². The van der Waals surface area contributed by atoms with Crippen molar-refractivity contribution < 1.29 is 23.5 Å². The number of anilines is 1. The van der Waals surface area contributed by atoms with Crippen LogP contribution in [-0.4, -0.2) is 43.1 Å². The predicted molar refractivity (Wildman–Crippen MR) is 109 cm³/mol. The Bertz CT molecular complexity index is 928. The Labute approximate surface area is 174 Å². The molecular weight excluding hydrogens is 389 g/mol. The van der Waals surface area contributed by atoms with Crippen molar-refractivity contribution >= 4 is 17.5 Å². The Hall–Kier alpha value is -3.13. The number of likely N-dealkylation sites (tertiary alicyclic amines) is 1. The second-order valence-electron chi connectivity index (χ2n) is 7.48. The van der Waals surface area contributed by atoms with E-state index in [2.05, 4.69) is 10.6 Å². The minimum absolute atomic E-state index is 0.0301. The van der Waals surface area contributed by atoms with E-state index in [-0.39, 0.29) is 43.4 Å². The van der Waals surface area contributed by atoms with Crippen LogP contribution < -0.4 is 20.1 Å². The summed E-state index contributed by atoms with van der Waals surface area (Å²) in [6.07, 6.45) is 1.36. The van der Waals surface area contributed by atoms with Gasteiger partial charge in [-0.2, -0.15) is 0 Å². The highest BCUT2D eigenvalue weighted by atomic mass is 19.1. The minimum Gasteiger partial charge on any atom is -0.454 e. The van der Waals surface area contributed by atoms with E-state index in [1.807, 2.05) is 4.90 Å². The molecule has 0 spiro atoms. The molecule has 1 fully saturated rings. The summed E-state index contributed by atoms with van der Waals surface area (Å²) in [4.78, 5) is 26.8. The average Bonchev–Trinajstić information content (AvgIpc) is 3.21. The standard InChI is InChI=1S/C22H24FN3O4/c23-18-4-2-1-3-16(18)12-24-21(27)13-26-9-7-15(8-10-26)22(28)25-17-5-6-19-20(11-17)30-14-29-19/h1-6,11,15H,7-10,12-14H2,(H,24,27)(H,25,28). The van der Waals surface area contributed by atoms with Gasteiger partial charge in [0.15, 0.2) is 11.5 Å². The maximum absolute atomic E-state index is 13.6. The minimum atomic E-state index is -0.327. The highest BCUT2D eigenvalue weighted by Crippen LogP contribution is 2.34. The molecule has 2 aromatic carbocycles. The molecular formula is C22H24FN3O4. The van der Waals surface area contributed by atoms with Gasteiger partial charge in [0.1, 0.15) is 5.82 Å². The van der Waals surface area contributed by atoms with Gasteiger partial charge in [-0.25, -0.2) is 4.39 Å². The van der Waals surface area contributed by atoms with Crippen LogP contribution in [0.1, 0.15) is 18.4 Å². The number of fused-ring (bicyclic) bond motifs is 1. The third kappa shape index (κ3) is 4.88. The average molecular weight is 413 g/mol. The summed E-state index contributed by atoms with van der Waals surface area (Å²) in [6, 6.07) is 11.7. The second-order valence-corrected chi connectivity index (χ2v) is 7.48. The van der Waals surface area contributed by atoms with Crippen molar-refractivity contribution in [3.8, 4) is 11.5 Å². The lowest BCUT2D eigenvalue weighted by atomic mass is 9.95. The van der Waals surface area contributed by atoms with E-state index in [0.717, 1.165) is 0 Å². The molecule has 0 unspecified atom stereocenters. The lowest BCUT2D eigenvalue weighted by molar-refractivity contribution is -0.123. The van der Waals surface area contributed by atoms with Crippen molar-refractivity contribution in [2.24, 2.45) is 5.92 Å². The van der Waals surface area contributed by atoms with E-state index in [1.165, 1.54) is 6.07 Å². The molecule has 2 aliphatic rings. The third-order valence-corrected chi connectivity index (χ3v) is 5.40. The third-order valence-electron chi connectivity index (χ3n) is 5.40. The SMILES string of the molecule is O=C(CN1CCC(C(=O)Nc2ccc3c(c2)OCO3)CC1)NCc1ccccc1F. The molecule has 8 heteroatoms. The number of nitrogens with one attached hydrogen (secondary N) is 2. The summed E-state index contributed by atoms with van der Waals surface area (Å²) in [5.74, 6) is 0.692. The van der Waals surface area contributed by atoms with Crippen LogP contribution in [0.5, 0.6) is 11.5 Å². The van der Waals surface area contributed by atoms with Gasteiger partial charge in [0, 0.05) is 29.8 Å². The molecule has 2 aromatic rings. The zero-order chi connectivity index (χ0) is 20.9. The molecule has 0 bridgehead atoms. The Kier molecular flexibility index (Phi) is 6.13. The molecule has 0 aromatic heterocycles. The molecule has 2 amide bonds. The molecule has 2 aliphatic heterocycles. The number of carbonyl (C=O) groups excluding carboxylic acids is 2. The van der Waals surface area contributed by atoms with Gasteiger partial charge in [0.05, 0.1) is 6.54 Å². The lowest BCUT2D eigenvalue weighted by Gasteiger charge is -2.30. The number of carbonyl (C=O) groups is 2.